The molecule has 8 heteroatoms. The number of nitrogens with one attached hydrogen (secondary N) is 1. The fourth-order valence-corrected chi connectivity index (χ4v) is 2.94. The van der Waals surface area contributed by atoms with Crippen molar-refractivity contribution in [2.24, 2.45) is 0 Å². The minimum absolute atomic E-state index is 0.356. The summed E-state index contributed by atoms with van der Waals surface area (Å²) in [6, 6.07) is 4.05. The molecule has 0 radical (unpaired) electrons. The largest absolute Gasteiger partial charge is 0.465 e. The molecule has 3 nitrogen and oxygen atoms in total. The zero-order valence-electron chi connectivity index (χ0n) is 11.6. The van der Waals surface area contributed by atoms with Crippen molar-refractivity contribution in [3.63, 3.8) is 0 Å². The molecule has 1 N–H and O–H groups in total. The van der Waals surface area contributed by atoms with Crippen LogP contribution in [-0.2, 0) is 11.3 Å². The first-order valence-electron chi connectivity index (χ1n) is 6.17. The zero-order chi connectivity index (χ0) is 16.0. The van der Waals surface area contributed by atoms with Crippen molar-refractivity contribution in [2.75, 3.05) is 13.4 Å². The average molecular weight is 435 g/mol. The van der Waals surface area contributed by atoms with Crippen LogP contribution in [0.3, 0.4) is 0 Å². The Morgan fingerprint density at radius 3 is 2.24 bits per heavy atom. The van der Waals surface area contributed by atoms with Gasteiger partial charge in [0.15, 0.2) is 12.5 Å². The first-order chi connectivity index (χ1) is 9.69. The zero-order valence-corrected chi connectivity index (χ0v) is 14.7. The normalized spacial score (nSPS) is 12.0. The SMILES string of the molecule is CC(C)NCc1cc(Br)c(OCOCC(F)(F)F)c(Br)c1. The third kappa shape index (κ3) is 7.49. The van der Waals surface area contributed by atoms with Crippen LogP contribution < -0.4 is 10.1 Å². The van der Waals surface area contributed by atoms with E-state index < -0.39 is 19.6 Å². The lowest BCUT2D eigenvalue weighted by molar-refractivity contribution is -0.186. The van der Waals surface area contributed by atoms with Crippen LogP contribution in [0.15, 0.2) is 21.1 Å². The minimum Gasteiger partial charge on any atom is -0.465 e. The highest BCUT2D eigenvalue weighted by Gasteiger charge is 2.27. The van der Waals surface area contributed by atoms with Crippen molar-refractivity contribution in [1.82, 2.24) is 5.32 Å². The van der Waals surface area contributed by atoms with Crippen LogP contribution in [-0.4, -0.2) is 25.6 Å². The van der Waals surface area contributed by atoms with E-state index in [0.717, 1.165) is 5.56 Å². The number of ether oxygens (including phenoxy) is 2. The highest BCUT2D eigenvalue weighted by atomic mass is 79.9. The van der Waals surface area contributed by atoms with Gasteiger partial charge < -0.3 is 14.8 Å². The van der Waals surface area contributed by atoms with Crippen LogP contribution in [0.4, 0.5) is 13.2 Å². The van der Waals surface area contributed by atoms with E-state index in [1.165, 1.54) is 0 Å². The van der Waals surface area contributed by atoms with Gasteiger partial charge in [-0.1, -0.05) is 13.8 Å². The predicted molar refractivity (Wildman–Crippen MR) is 81.3 cm³/mol. The Hall–Kier alpha value is -0.310. The Morgan fingerprint density at radius 2 is 1.76 bits per heavy atom. The molecule has 0 spiro atoms. The number of halogens is 5. The van der Waals surface area contributed by atoms with E-state index in [0.29, 0.717) is 27.3 Å². The van der Waals surface area contributed by atoms with Crippen molar-refractivity contribution in [1.29, 1.82) is 0 Å². The molecule has 21 heavy (non-hydrogen) atoms. The first kappa shape index (κ1) is 18.7. The van der Waals surface area contributed by atoms with Gasteiger partial charge >= 0.3 is 6.18 Å². The fourth-order valence-electron chi connectivity index (χ4n) is 1.43. The van der Waals surface area contributed by atoms with E-state index in [2.05, 4.69) is 41.9 Å². The summed E-state index contributed by atoms with van der Waals surface area (Å²) in [6.45, 7) is 2.96. The summed E-state index contributed by atoms with van der Waals surface area (Å²) in [4.78, 5) is 0. The topological polar surface area (TPSA) is 30.5 Å². The smallest absolute Gasteiger partial charge is 0.411 e. The number of hydrogen-bond donors (Lipinski definition) is 1. The summed E-state index contributed by atoms with van der Waals surface area (Å²) in [5.41, 5.74) is 1.02. The van der Waals surface area contributed by atoms with Crippen LogP contribution in [0.25, 0.3) is 0 Å². The third-order valence-corrected chi connectivity index (χ3v) is 3.50. The lowest BCUT2D eigenvalue weighted by Gasteiger charge is -2.14. The van der Waals surface area contributed by atoms with Gasteiger partial charge in [-0.2, -0.15) is 13.2 Å². The molecule has 0 atom stereocenters. The van der Waals surface area contributed by atoms with E-state index in [9.17, 15) is 13.2 Å². The summed E-state index contributed by atoms with van der Waals surface area (Å²) < 4.78 is 46.7. The van der Waals surface area contributed by atoms with Gasteiger partial charge in [-0.05, 0) is 49.6 Å². The Kier molecular flexibility index (Phi) is 7.46. The fraction of sp³-hybridized carbons (Fsp3) is 0.538. The molecule has 0 aromatic heterocycles. The van der Waals surface area contributed by atoms with Crippen LogP contribution in [0, 0.1) is 0 Å². The third-order valence-electron chi connectivity index (χ3n) is 2.32. The number of hydrogen-bond acceptors (Lipinski definition) is 3. The molecule has 0 aliphatic carbocycles. The minimum atomic E-state index is -4.36. The highest BCUT2D eigenvalue weighted by Crippen LogP contribution is 2.35. The standard InChI is InChI=1S/C13H16Br2F3NO2/c1-8(2)19-5-9-3-10(14)12(11(15)4-9)21-7-20-6-13(16,17)18/h3-4,8,19H,5-7H2,1-2H3. The maximum absolute atomic E-state index is 11.9. The van der Waals surface area contributed by atoms with Gasteiger partial charge in [0.05, 0.1) is 8.95 Å². The molecule has 0 aliphatic rings. The molecule has 120 valence electrons. The highest BCUT2D eigenvalue weighted by molar-refractivity contribution is 9.11. The van der Waals surface area contributed by atoms with Crippen molar-refractivity contribution < 1.29 is 22.6 Å². The Labute approximate surface area is 138 Å². The van der Waals surface area contributed by atoms with Crippen molar-refractivity contribution in [3.05, 3.63) is 26.6 Å². The molecular weight excluding hydrogens is 419 g/mol. The molecule has 0 bridgehead atoms. The van der Waals surface area contributed by atoms with Gasteiger partial charge in [-0.25, -0.2) is 0 Å². The van der Waals surface area contributed by atoms with Crippen molar-refractivity contribution >= 4 is 31.9 Å². The Bertz CT molecular complexity index is 444. The van der Waals surface area contributed by atoms with Gasteiger partial charge in [0.1, 0.15) is 6.61 Å². The number of rotatable bonds is 7. The molecule has 0 heterocycles. The molecule has 0 aliphatic heterocycles. The molecule has 0 unspecified atom stereocenters. The molecule has 0 saturated carbocycles. The molecule has 0 saturated heterocycles. The molecule has 1 aromatic carbocycles. The first-order valence-corrected chi connectivity index (χ1v) is 7.76. The molecule has 0 amide bonds. The monoisotopic (exact) mass is 433 g/mol. The van der Waals surface area contributed by atoms with Gasteiger partial charge in [0.2, 0.25) is 0 Å². The lowest BCUT2D eigenvalue weighted by atomic mass is 10.2. The lowest BCUT2D eigenvalue weighted by Crippen LogP contribution is -2.21. The second-order valence-electron chi connectivity index (χ2n) is 4.65. The van der Waals surface area contributed by atoms with Crippen molar-refractivity contribution in [2.45, 2.75) is 32.6 Å². The van der Waals surface area contributed by atoms with Crippen LogP contribution in [0.5, 0.6) is 5.75 Å². The van der Waals surface area contributed by atoms with Gasteiger partial charge in [-0.15, -0.1) is 0 Å². The molecule has 1 rings (SSSR count). The summed E-state index contributed by atoms with van der Waals surface area (Å²) in [5.74, 6) is 0.408. The van der Waals surface area contributed by atoms with Crippen LogP contribution in [0.2, 0.25) is 0 Å². The van der Waals surface area contributed by atoms with E-state index in [4.69, 9.17) is 4.74 Å². The van der Waals surface area contributed by atoms with Gasteiger partial charge in [0.25, 0.3) is 0 Å². The second kappa shape index (κ2) is 8.36. The van der Waals surface area contributed by atoms with E-state index >= 15 is 0 Å². The predicted octanol–water partition coefficient (Wildman–Crippen LogP) is 4.62. The van der Waals surface area contributed by atoms with Crippen LogP contribution >= 0.6 is 31.9 Å². The quantitative estimate of drug-likeness (QED) is 0.501. The Balaban J connectivity index is 2.59. The van der Waals surface area contributed by atoms with Crippen molar-refractivity contribution in [3.8, 4) is 5.75 Å². The van der Waals surface area contributed by atoms with Gasteiger partial charge in [-0.3, -0.25) is 0 Å². The number of benzene rings is 1. The average Bonchev–Trinajstić information content (AvgIpc) is 2.33. The second-order valence-corrected chi connectivity index (χ2v) is 6.36. The Morgan fingerprint density at radius 1 is 1.19 bits per heavy atom. The van der Waals surface area contributed by atoms with E-state index in [1.54, 1.807) is 0 Å². The van der Waals surface area contributed by atoms with Crippen LogP contribution in [0.1, 0.15) is 19.4 Å². The van der Waals surface area contributed by atoms with E-state index in [1.807, 2.05) is 26.0 Å². The maximum Gasteiger partial charge on any atom is 0.411 e. The van der Waals surface area contributed by atoms with Gasteiger partial charge in [0, 0.05) is 12.6 Å². The molecule has 1 aromatic rings. The maximum atomic E-state index is 11.9. The summed E-state index contributed by atoms with van der Waals surface area (Å²) in [6.07, 6.45) is -4.36. The number of alkyl halides is 3. The summed E-state index contributed by atoms with van der Waals surface area (Å²) >= 11 is 6.67. The molecule has 0 fully saturated rings. The van der Waals surface area contributed by atoms with E-state index in [-0.39, 0.29) is 0 Å². The summed E-state index contributed by atoms with van der Waals surface area (Å²) in [5, 5.41) is 3.27. The summed E-state index contributed by atoms with van der Waals surface area (Å²) in [7, 11) is 0. The molecular formula is C13H16Br2F3NO2.